The molecule has 1 aromatic heterocycles. The van der Waals surface area contributed by atoms with Crippen molar-refractivity contribution >= 4 is 5.97 Å². The molecule has 0 saturated heterocycles. The van der Waals surface area contributed by atoms with Crippen molar-refractivity contribution in [1.29, 1.82) is 0 Å². The quantitative estimate of drug-likeness (QED) is 0.687. The average Bonchev–Trinajstić information content (AvgIpc) is 2.97. The van der Waals surface area contributed by atoms with Crippen LogP contribution in [-0.2, 0) is 16.1 Å². The highest BCUT2D eigenvalue weighted by Crippen LogP contribution is 2.20. The molecule has 1 aromatic rings. The maximum absolute atomic E-state index is 11.5. The van der Waals surface area contributed by atoms with Gasteiger partial charge in [-0.25, -0.2) is 4.98 Å². The molecule has 1 aliphatic carbocycles. The lowest BCUT2D eigenvalue weighted by Gasteiger charge is -2.15. The van der Waals surface area contributed by atoms with Gasteiger partial charge in [0.1, 0.15) is 18.7 Å². The highest BCUT2D eigenvalue weighted by molar-refractivity contribution is 5.75. The molecule has 0 bridgehead atoms. The standard InChI is InChI=1S/C10H16N4O2/c1-16-10(15)9(13-8-2-3-8)4-5-14-7-11-6-12-14/h6-9,13H,2-5H2,1H3. The van der Waals surface area contributed by atoms with Crippen LogP contribution in [0.1, 0.15) is 19.3 Å². The average molecular weight is 224 g/mol. The summed E-state index contributed by atoms with van der Waals surface area (Å²) in [7, 11) is 1.42. The molecule has 1 atom stereocenters. The van der Waals surface area contributed by atoms with E-state index >= 15 is 0 Å². The second kappa shape index (κ2) is 5.07. The summed E-state index contributed by atoms with van der Waals surface area (Å²) in [4.78, 5) is 15.4. The van der Waals surface area contributed by atoms with Crippen molar-refractivity contribution in [1.82, 2.24) is 20.1 Å². The Morgan fingerprint density at radius 2 is 2.50 bits per heavy atom. The minimum Gasteiger partial charge on any atom is -0.468 e. The summed E-state index contributed by atoms with van der Waals surface area (Å²) in [6.07, 6.45) is 6.10. The first-order valence-electron chi connectivity index (χ1n) is 5.46. The smallest absolute Gasteiger partial charge is 0.322 e. The number of hydrogen-bond acceptors (Lipinski definition) is 5. The molecule has 6 nitrogen and oxygen atoms in total. The zero-order valence-electron chi connectivity index (χ0n) is 9.30. The van der Waals surface area contributed by atoms with Gasteiger partial charge in [0.25, 0.3) is 0 Å². The molecule has 88 valence electrons. The maximum Gasteiger partial charge on any atom is 0.322 e. The van der Waals surface area contributed by atoms with Crippen molar-refractivity contribution in [3.8, 4) is 0 Å². The highest BCUT2D eigenvalue weighted by atomic mass is 16.5. The molecule has 0 amide bonds. The van der Waals surface area contributed by atoms with Crippen LogP contribution < -0.4 is 5.32 Å². The number of hydrogen-bond donors (Lipinski definition) is 1. The van der Waals surface area contributed by atoms with Gasteiger partial charge in [0.05, 0.1) is 7.11 Å². The molecular weight excluding hydrogens is 208 g/mol. The van der Waals surface area contributed by atoms with E-state index in [9.17, 15) is 4.79 Å². The molecule has 0 aromatic carbocycles. The van der Waals surface area contributed by atoms with Gasteiger partial charge in [0, 0.05) is 12.6 Å². The Bertz CT molecular complexity index is 335. The molecule has 1 aliphatic rings. The third kappa shape index (κ3) is 3.03. The van der Waals surface area contributed by atoms with E-state index in [4.69, 9.17) is 4.74 Å². The number of aromatic nitrogens is 3. The lowest BCUT2D eigenvalue weighted by molar-refractivity contribution is -0.143. The van der Waals surface area contributed by atoms with Gasteiger partial charge in [-0.1, -0.05) is 0 Å². The predicted octanol–water partition coefficient (Wildman–Crippen LogP) is -0.0382. The van der Waals surface area contributed by atoms with Gasteiger partial charge in [0.15, 0.2) is 0 Å². The molecule has 1 N–H and O–H groups in total. The SMILES string of the molecule is COC(=O)C(CCn1cncn1)NC1CC1. The fourth-order valence-electron chi connectivity index (χ4n) is 1.56. The number of carbonyl (C=O) groups is 1. The fourth-order valence-corrected chi connectivity index (χ4v) is 1.56. The molecular formula is C10H16N4O2. The minimum absolute atomic E-state index is 0.202. The van der Waals surface area contributed by atoms with E-state index in [0.29, 0.717) is 19.0 Å². The van der Waals surface area contributed by atoms with E-state index in [1.165, 1.54) is 13.4 Å². The molecule has 0 spiro atoms. The van der Waals surface area contributed by atoms with Crippen molar-refractivity contribution in [2.24, 2.45) is 0 Å². The second-order valence-electron chi connectivity index (χ2n) is 3.96. The molecule has 1 unspecified atom stereocenters. The number of nitrogens with zero attached hydrogens (tertiary/aromatic N) is 3. The van der Waals surface area contributed by atoms with Crippen molar-refractivity contribution < 1.29 is 9.53 Å². The van der Waals surface area contributed by atoms with Crippen LogP contribution >= 0.6 is 0 Å². The first-order valence-corrected chi connectivity index (χ1v) is 5.46. The maximum atomic E-state index is 11.5. The van der Waals surface area contributed by atoms with Crippen molar-refractivity contribution in [2.45, 2.75) is 37.9 Å². The van der Waals surface area contributed by atoms with Crippen LogP contribution in [0.3, 0.4) is 0 Å². The Balaban J connectivity index is 1.83. The van der Waals surface area contributed by atoms with Crippen LogP contribution in [0.2, 0.25) is 0 Å². The molecule has 0 aliphatic heterocycles. The second-order valence-corrected chi connectivity index (χ2v) is 3.96. The van der Waals surface area contributed by atoms with E-state index in [1.807, 2.05) is 0 Å². The number of aryl methyl sites for hydroxylation is 1. The number of rotatable bonds is 6. The van der Waals surface area contributed by atoms with E-state index in [0.717, 1.165) is 12.8 Å². The summed E-state index contributed by atoms with van der Waals surface area (Å²) in [6, 6.07) is 0.251. The summed E-state index contributed by atoms with van der Waals surface area (Å²) < 4.78 is 6.48. The fraction of sp³-hybridized carbons (Fsp3) is 0.700. The molecule has 1 fully saturated rings. The van der Waals surface area contributed by atoms with Crippen LogP contribution in [0.15, 0.2) is 12.7 Å². The summed E-state index contributed by atoms with van der Waals surface area (Å²) in [5, 5.41) is 7.26. The van der Waals surface area contributed by atoms with E-state index < -0.39 is 0 Å². The van der Waals surface area contributed by atoms with Gasteiger partial charge in [-0.15, -0.1) is 0 Å². The van der Waals surface area contributed by atoms with E-state index in [1.54, 1.807) is 11.0 Å². The van der Waals surface area contributed by atoms with Crippen LogP contribution in [0.25, 0.3) is 0 Å². The molecule has 0 radical (unpaired) electrons. The van der Waals surface area contributed by atoms with Gasteiger partial charge in [-0.2, -0.15) is 5.10 Å². The summed E-state index contributed by atoms with van der Waals surface area (Å²) >= 11 is 0. The lowest BCUT2D eigenvalue weighted by Crippen LogP contribution is -2.39. The van der Waals surface area contributed by atoms with Gasteiger partial charge < -0.3 is 10.1 Å². The number of carbonyl (C=O) groups excluding carboxylic acids is 1. The third-order valence-corrected chi connectivity index (χ3v) is 2.61. The molecule has 1 heterocycles. The van der Waals surface area contributed by atoms with Crippen molar-refractivity contribution in [3.63, 3.8) is 0 Å². The number of methoxy groups -OCH3 is 1. The third-order valence-electron chi connectivity index (χ3n) is 2.61. The molecule has 6 heteroatoms. The first kappa shape index (κ1) is 11.1. The van der Waals surface area contributed by atoms with Crippen molar-refractivity contribution in [2.75, 3.05) is 7.11 Å². The monoisotopic (exact) mass is 224 g/mol. The first-order chi connectivity index (χ1) is 7.79. The van der Waals surface area contributed by atoms with Crippen LogP contribution in [-0.4, -0.2) is 39.9 Å². The molecule has 1 saturated carbocycles. The summed E-state index contributed by atoms with van der Waals surface area (Å²) in [6.45, 7) is 0.666. The number of esters is 1. The Morgan fingerprint density at radius 1 is 1.69 bits per heavy atom. The van der Waals surface area contributed by atoms with Crippen LogP contribution in [0, 0.1) is 0 Å². The lowest BCUT2D eigenvalue weighted by atomic mass is 10.2. The number of ether oxygens (including phenoxy) is 1. The Labute approximate surface area is 94.0 Å². The van der Waals surface area contributed by atoms with E-state index in [-0.39, 0.29) is 12.0 Å². The molecule has 16 heavy (non-hydrogen) atoms. The van der Waals surface area contributed by atoms with Crippen LogP contribution in [0.5, 0.6) is 0 Å². The van der Waals surface area contributed by atoms with Gasteiger partial charge in [-0.3, -0.25) is 9.48 Å². The Kier molecular flexibility index (Phi) is 3.51. The summed E-state index contributed by atoms with van der Waals surface area (Å²) in [5.41, 5.74) is 0. The number of nitrogens with one attached hydrogen (secondary N) is 1. The van der Waals surface area contributed by atoms with Crippen LogP contribution in [0.4, 0.5) is 0 Å². The normalized spacial score (nSPS) is 17.1. The Hall–Kier alpha value is -1.43. The van der Waals surface area contributed by atoms with E-state index in [2.05, 4.69) is 15.4 Å². The molecule has 2 rings (SSSR count). The zero-order chi connectivity index (χ0) is 11.4. The van der Waals surface area contributed by atoms with Gasteiger partial charge in [0.2, 0.25) is 0 Å². The Morgan fingerprint density at radius 3 is 3.06 bits per heavy atom. The predicted molar refractivity (Wildman–Crippen MR) is 56.6 cm³/mol. The van der Waals surface area contributed by atoms with Gasteiger partial charge >= 0.3 is 5.97 Å². The zero-order valence-corrected chi connectivity index (χ0v) is 9.30. The highest BCUT2D eigenvalue weighted by Gasteiger charge is 2.28. The largest absolute Gasteiger partial charge is 0.468 e. The minimum atomic E-state index is -0.235. The topological polar surface area (TPSA) is 69.0 Å². The van der Waals surface area contributed by atoms with Crippen molar-refractivity contribution in [3.05, 3.63) is 12.7 Å². The van der Waals surface area contributed by atoms with Gasteiger partial charge in [-0.05, 0) is 19.3 Å². The summed E-state index contributed by atoms with van der Waals surface area (Å²) in [5.74, 6) is -0.202.